The van der Waals surface area contributed by atoms with E-state index < -0.39 is 0 Å². The number of thiazole rings is 1. The fraction of sp³-hybridized carbons (Fsp3) is 0.500. The molecule has 0 saturated heterocycles. The van der Waals surface area contributed by atoms with E-state index in [0.29, 0.717) is 11.0 Å². The topological polar surface area (TPSA) is 42.0 Å². The molecule has 1 aliphatic carbocycles. The largest absolute Gasteiger partial charge is 0.301 e. The Hall–Kier alpha value is -1.68. The standard InChI is InChI=1S/C18H22N2OS.C2H6/c1-13-6-8-15(9-7-13)16(12-14-4-2-3-5-14)17(21)20-18-19-10-11-22-18;1-2/h6-11,14,16H,2-5,12H2,1H3,(H,19,20,21);1-2H3. The Morgan fingerprint density at radius 2 is 1.92 bits per heavy atom. The van der Waals surface area contributed by atoms with Gasteiger partial charge in [0.15, 0.2) is 5.13 Å². The highest BCUT2D eigenvalue weighted by molar-refractivity contribution is 7.13. The highest BCUT2D eigenvalue weighted by atomic mass is 32.1. The number of carbonyl (C=O) groups excluding carboxylic acids is 1. The fourth-order valence-electron chi connectivity index (χ4n) is 3.25. The van der Waals surface area contributed by atoms with Gasteiger partial charge in [-0.2, -0.15) is 0 Å². The van der Waals surface area contributed by atoms with Gasteiger partial charge in [0.25, 0.3) is 0 Å². The Labute approximate surface area is 149 Å². The Kier molecular flexibility index (Phi) is 7.44. The Morgan fingerprint density at radius 1 is 1.25 bits per heavy atom. The van der Waals surface area contributed by atoms with Gasteiger partial charge in [-0.3, -0.25) is 4.79 Å². The molecule has 2 aromatic rings. The van der Waals surface area contributed by atoms with Crippen LogP contribution in [-0.4, -0.2) is 10.9 Å². The smallest absolute Gasteiger partial charge is 0.233 e. The monoisotopic (exact) mass is 344 g/mol. The molecule has 130 valence electrons. The molecule has 1 aromatic heterocycles. The number of carbonyl (C=O) groups is 1. The zero-order valence-corrected chi connectivity index (χ0v) is 15.7. The van der Waals surface area contributed by atoms with Crippen LogP contribution in [0.4, 0.5) is 5.13 Å². The van der Waals surface area contributed by atoms with Crippen molar-refractivity contribution in [1.29, 1.82) is 0 Å². The minimum Gasteiger partial charge on any atom is -0.301 e. The van der Waals surface area contributed by atoms with Gasteiger partial charge in [-0.25, -0.2) is 4.98 Å². The lowest BCUT2D eigenvalue weighted by Gasteiger charge is -2.20. The maximum Gasteiger partial charge on any atom is 0.233 e. The molecule has 0 radical (unpaired) electrons. The summed E-state index contributed by atoms with van der Waals surface area (Å²) in [7, 11) is 0. The van der Waals surface area contributed by atoms with Crippen LogP contribution in [-0.2, 0) is 4.79 Å². The van der Waals surface area contributed by atoms with Crippen molar-refractivity contribution in [2.24, 2.45) is 5.92 Å². The number of nitrogens with zero attached hydrogens (tertiary/aromatic N) is 1. The third-order valence-electron chi connectivity index (χ3n) is 4.50. The van der Waals surface area contributed by atoms with Gasteiger partial charge in [-0.15, -0.1) is 11.3 Å². The zero-order valence-electron chi connectivity index (χ0n) is 14.9. The molecule has 1 fully saturated rings. The van der Waals surface area contributed by atoms with E-state index in [1.165, 1.54) is 42.6 Å². The molecule has 3 nitrogen and oxygen atoms in total. The summed E-state index contributed by atoms with van der Waals surface area (Å²) < 4.78 is 0. The van der Waals surface area contributed by atoms with Crippen LogP contribution in [0.25, 0.3) is 0 Å². The van der Waals surface area contributed by atoms with Gasteiger partial charge in [0.05, 0.1) is 5.92 Å². The molecule has 3 rings (SSSR count). The Morgan fingerprint density at radius 3 is 2.50 bits per heavy atom. The van der Waals surface area contributed by atoms with Crippen molar-refractivity contribution in [2.75, 3.05) is 5.32 Å². The van der Waals surface area contributed by atoms with Crippen molar-refractivity contribution in [1.82, 2.24) is 4.98 Å². The fourth-order valence-corrected chi connectivity index (χ4v) is 3.78. The third-order valence-corrected chi connectivity index (χ3v) is 5.19. The molecule has 0 bridgehead atoms. The quantitative estimate of drug-likeness (QED) is 0.747. The maximum absolute atomic E-state index is 12.7. The number of rotatable bonds is 5. The van der Waals surface area contributed by atoms with E-state index in [0.717, 1.165) is 12.0 Å². The lowest BCUT2D eigenvalue weighted by Crippen LogP contribution is -2.23. The lowest BCUT2D eigenvalue weighted by atomic mass is 9.87. The summed E-state index contributed by atoms with van der Waals surface area (Å²) in [5, 5.41) is 5.55. The molecule has 1 saturated carbocycles. The first-order valence-electron chi connectivity index (χ1n) is 8.99. The summed E-state index contributed by atoms with van der Waals surface area (Å²) in [6, 6.07) is 8.37. The second kappa shape index (κ2) is 9.58. The highest BCUT2D eigenvalue weighted by Crippen LogP contribution is 2.35. The van der Waals surface area contributed by atoms with Crippen molar-refractivity contribution in [3.05, 3.63) is 47.0 Å². The van der Waals surface area contributed by atoms with Crippen LogP contribution in [0.3, 0.4) is 0 Å². The SMILES string of the molecule is CC.Cc1ccc(C(CC2CCCC2)C(=O)Nc2nccs2)cc1. The minimum atomic E-state index is -0.0763. The molecule has 1 aliphatic rings. The van der Waals surface area contributed by atoms with Crippen molar-refractivity contribution in [3.63, 3.8) is 0 Å². The number of amides is 1. The van der Waals surface area contributed by atoms with E-state index in [9.17, 15) is 4.79 Å². The van der Waals surface area contributed by atoms with E-state index in [-0.39, 0.29) is 11.8 Å². The van der Waals surface area contributed by atoms with E-state index in [1.807, 2.05) is 19.2 Å². The molecule has 0 aliphatic heterocycles. The molecular weight excluding hydrogens is 316 g/mol. The summed E-state index contributed by atoms with van der Waals surface area (Å²) in [6.07, 6.45) is 7.79. The van der Waals surface area contributed by atoms with Crippen LogP contribution >= 0.6 is 11.3 Å². The molecule has 1 heterocycles. The molecule has 1 N–H and O–H groups in total. The lowest BCUT2D eigenvalue weighted by molar-refractivity contribution is -0.118. The first kappa shape index (κ1) is 18.7. The van der Waals surface area contributed by atoms with Gasteiger partial charge < -0.3 is 5.32 Å². The number of anilines is 1. The normalized spacial score (nSPS) is 15.5. The number of nitrogens with one attached hydrogen (secondary N) is 1. The third kappa shape index (κ3) is 5.17. The van der Waals surface area contributed by atoms with Gasteiger partial charge in [-0.1, -0.05) is 69.4 Å². The van der Waals surface area contributed by atoms with Crippen molar-refractivity contribution < 1.29 is 4.79 Å². The highest BCUT2D eigenvalue weighted by Gasteiger charge is 2.27. The second-order valence-corrected chi connectivity index (χ2v) is 7.07. The molecule has 1 amide bonds. The van der Waals surface area contributed by atoms with E-state index in [1.54, 1.807) is 6.20 Å². The first-order valence-corrected chi connectivity index (χ1v) is 9.87. The Balaban J connectivity index is 0.00000100. The molecular formula is C20H28N2OS. The first-order chi connectivity index (χ1) is 11.7. The van der Waals surface area contributed by atoms with Crippen LogP contribution in [0.5, 0.6) is 0 Å². The van der Waals surface area contributed by atoms with Gasteiger partial charge in [0, 0.05) is 11.6 Å². The zero-order chi connectivity index (χ0) is 17.4. The summed E-state index contributed by atoms with van der Waals surface area (Å²) >= 11 is 1.47. The number of hydrogen-bond donors (Lipinski definition) is 1. The molecule has 0 spiro atoms. The van der Waals surface area contributed by atoms with Crippen LogP contribution in [0.15, 0.2) is 35.8 Å². The van der Waals surface area contributed by atoms with Crippen LogP contribution < -0.4 is 5.32 Å². The van der Waals surface area contributed by atoms with Crippen LogP contribution in [0.2, 0.25) is 0 Å². The summed E-state index contributed by atoms with van der Waals surface area (Å²) in [5.41, 5.74) is 2.34. The second-order valence-electron chi connectivity index (χ2n) is 6.18. The Bertz CT molecular complexity index is 601. The predicted octanol–water partition coefficient (Wildman–Crippen LogP) is 5.78. The van der Waals surface area contributed by atoms with E-state index in [4.69, 9.17) is 0 Å². The summed E-state index contributed by atoms with van der Waals surface area (Å²) in [6.45, 7) is 6.07. The number of aromatic nitrogens is 1. The van der Waals surface area contributed by atoms with Crippen molar-refractivity contribution in [2.45, 2.75) is 58.8 Å². The average Bonchev–Trinajstić information content (AvgIpc) is 3.29. The van der Waals surface area contributed by atoms with Crippen LogP contribution in [0, 0.1) is 12.8 Å². The predicted molar refractivity (Wildman–Crippen MR) is 103 cm³/mol. The van der Waals surface area contributed by atoms with Gasteiger partial charge >= 0.3 is 0 Å². The van der Waals surface area contributed by atoms with Gasteiger partial charge in [-0.05, 0) is 24.8 Å². The van der Waals surface area contributed by atoms with Crippen molar-refractivity contribution in [3.8, 4) is 0 Å². The van der Waals surface area contributed by atoms with Gasteiger partial charge in [0.1, 0.15) is 0 Å². The van der Waals surface area contributed by atoms with Gasteiger partial charge in [0.2, 0.25) is 5.91 Å². The van der Waals surface area contributed by atoms with Crippen molar-refractivity contribution >= 4 is 22.4 Å². The average molecular weight is 345 g/mol. The number of benzene rings is 1. The molecule has 1 aromatic carbocycles. The molecule has 1 atom stereocenters. The molecule has 24 heavy (non-hydrogen) atoms. The number of hydrogen-bond acceptors (Lipinski definition) is 3. The molecule has 1 unspecified atom stereocenters. The van der Waals surface area contributed by atoms with E-state index >= 15 is 0 Å². The summed E-state index contributed by atoms with van der Waals surface area (Å²) in [4.78, 5) is 16.9. The van der Waals surface area contributed by atoms with E-state index in [2.05, 4.69) is 41.5 Å². The van der Waals surface area contributed by atoms with Crippen LogP contribution in [0.1, 0.15) is 63.0 Å². The summed E-state index contributed by atoms with van der Waals surface area (Å²) in [5.74, 6) is 0.673. The molecule has 4 heteroatoms. The maximum atomic E-state index is 12.7. The minimum absolute atomic E-state index is 0.0747. The number of aryl methyl sites for hydroxylation is 1.